The van der Waals surface area contributed by atoms with E-state index in [-0.39, 0.29) is 11.7 Å². The normalized spacial score (nSPS) is 17.2. The van der Waals surface area contributed by atoms with Crippen molar-refractivity contribution in [2.24, 2.45) is 0 Å². The van der Waals surface area contributed by atoms with Gasteiger partial charge in [-0.2, -0.15) is 0 Å². The number of amides is 1. The molecule has 2 rings (SSSR count). The first-order valence-corrected chi connectivity index (χ1v) is 7.82. The van der Waals surface area contributed by atoms with Crippen molar-refractivity contribution in [2.45, 2.75) is 38.6 Å². The Morgan fingerprint density at radius 2 is 1.81 bits per heavy atom. The van der Waals surface area contributed by atoms with Crippen molar-refractivity contribution in [2.75, 3.05) is 19.6 Å². The monoisotopic (exact) mass is 289 g/mol. The largest absolute Gasteiger partial charge is 0.341 e. The third-order valence-electron chi connectivity index (χ3n) is 4.08. The van der Waals surface area contributed by atoms with Crippen molar-refractivity contribution in [3.05, 3.63) is 35.9 Å². The molecule has 0 aliphatic carbocycles. The minimum atomic E-state index is -0.413. The summed E-state index contributed by atoms with van der Waals surface area (Å²) >= 11 is 0. The maximum Gasteiger partial charge on any atom is 0.275 e. The van der Waals surface area contributed by atoms with Gasteiger partial charge in [0.2, 0.25) is 0 Å². The molecule has 114 valence electrons. The van der Waals surface area contributed by atoms with Crippen molar-refractivity contribution in [3.63, 3.8) is 0 Å². The second-order valence-corrected chi connectivity index (χ2v) is 5.91. The van der Waals surface area contributed by atoms with Crippen molar-refractivity contribution < 1.29 is 14.5 Å². The van der Waals surface area contributed by atoms with Gasteiger partial charge in [-0.15, -0.1) is 0 Å². The van der Waals surface area contributed by atoms with Crippen LogP contribution in [0.4, 0.5) is 0 Å². The number of likely N-dealkylation sites (tertiary alicyclic amines) is 1. The lowest BCUT2D eigenvalue weighted by Gasteiger charge is -2.24. The summed E-state index contributed by atoms with van der Waals surface area (Å²) in [6, 6.07) is 9.41. The van der Waals surface area contributed by atoms with Gasteiger partial charge in [0.15, 0.2) is 12.3 Å². The highest BCUT2D eigenvalue weighted by Gasteiger charge is 2.22. The Hall–Kier alpha value is -1.68. The average Bonchev–Trinajstić information content (AvgIpc) is 2.48. The number of nitrogens with one attached hydrogen (secondary N) is 2. The van der Waals surface area contributed by atoms with Crippen LogP contribution >= 0.6 is 0 Å². The van der Waals surface area contributed by atoms with E-state index in [1.165, 1.54) is 24.2 Å². The highest BCUT2D eigenvalue weighted by atomic mass is 16.2. The molecule has 1 aromatic rings. The van der Waals surface area contributed by atoms with E-state index in [1.807, 2.05) is 30.3 Å². The molecule has 1 aromatic carbocycles. The summed E-state index contributed by atoms with van der Waals surface area (Å²) in [6.45, 7) is 4.16. The highest BCUT2D eigenvalue weighted by molar-refractivity contribution is 5.88. The van der Waals surface area contributed by atoms with Gasteiger partial charge in [0.1, 0.15) is 0 Å². The van der Waals surface area contributed by atoms with Crippen LogP contribution in [0, 0.1) is 0 Å². The predicted octanol–water partition coefficient (Wildman–Crippen LogP) is 0.372. The third-order valence-corrected chi connectivity index (χ3v) is 4.08. The fourth-order valence-electron chi connectivity index (χ4n) is 2.85. The molecule has 1 saturated heterocycles. The molecule has 4 heteroatoms. The quantitative estimate of drug-likeness (QED) is 0.795. The molecule has 1 fully saturated rings. The van der Waals surface area contributed by atoms with Crippen LogP contribution in [0.25, 0.3) is 0 Å². The molecule has 2 N–H and O–H groups in total. The average molecular weight is 289 g/mol. The first kappa shape index (κ1) is 15.7. The maximum absolute atomic E-state index is 12.1. The maximum atomic E-state index is 12.1. The lowest BCUT2D eigenvalue weighted by Crippen LogP contribution is -3.14. The molecule has 0 unspecified atom stereocenters. The van der Waals surface area contributed by atoms with Gasteiger partial charge < -0.3 is 10.2 Å². The number of quaternary nitrogens is 1. The fraction of sp³-hybridized carbons (Fsp3) is 0.529. The summed E-state index contributed by atoms with van der Waals surface area (Å²) in [5.74, 6) is 0.00359. The Morgan fingerprint density at radius 3 is 2.43 bits per heavy atom. The van der Waals surface area contributed by atoms with Crippen molar-refractivity contribution in [3.8, 4) is 0 Å². The van der Waals surface area contributed by atoms with Gasteiger partial charge in [-0.1, -0.05) is 30.3 Å². The Labute approximate surface area is 126 Å². The van der Waals surface area contributed by atoms with Crippen molar-refractivity contribution in [1.29, 1.82) is 0 Å². The van der Waals surface area contributed by atoms with Crippen molar-refractivity contribution >= 4 is 11.7 Å². The van der Waals surface area contributed by atoms with E-state index in [4.69, 9.17) is 0 Å². The van der Waals surface area contributed by atoms with Gasteiger partial charge in [-0.3, -0.25) is 9.59 Å². The zero-order chi connectivity index (χ0) is 15.1. The Balaban J connectivity index is 1.86. The number of carbonyl (C=O) groups excluding carboxylic acids is 2. The standard InChI is InChI=1S/C17H24N2O2/c1-14(20)16(12-15-8-4-2-5-9-15)18-17(21)13-19-10-6-3-7-11-19/h2,4-5,8-9,16H,3,6-7,10-13H2,1H3,(H,18,21)/p+1/t16-/m1/s1. The number of piperidine rings is 1. The summed E-state index contributed by atoms with van der Waals surface area (Å²) in [5.41, 5.74) is 1.07. The smallest absolute Gasteiger partial charge is 0.275 e. The number of Topliss-reactive ketones (excluding diaryl/α,β-unsaturated/α-hetero) is 1. The van der Waals surface area contributed by atoms with Gasteiger partial charge in [-0.25, -0.2) is 0 Å². The van der Waals surface area contributed by atoms with Crippen LogP contribution in [0.2, 0.25) is 0 Å². The fourth-order valence-corrected chi connectivity index (χ4v) is 2.85. The second-order valence-electron chi connectivity index (χ2n) is 5.91. The minimum Gasteiger partial charge on any atom is -0.341 e. The van der Waals surface area contributed by atoms with Gasteiger partial charge in [-0.05, 0) is 38.2 Å². The molecule has 1 atom stereocenters. The van der Waals surface area contributed by atoms with E-state index in [2.05, 4.69) is 5.32 Å². The molecule has 0 spiro atoms. The number of carbonyl (C=O) groups is 2. The Morgan fingerprint density at radius 1 is 1.14 bits per heavy atom. The van der Waals surface area contributed by atoms with E-state index in [0.717, 1.165) is 18.7 Å². The number of rotatable bonds is 6. The zero-order valence-electron chi connectivity index (χ0n) is 12.7. The summed E-state index contributed by atoms with van der Waals surface area (Å²) in [4.78, 5) is 25.2. The van der Waals surface area contributed by atoms with E-state index < -0.39 is 6.04 Å². The van der Waals surface area contributed by atoms with Crippen LogP contribution in [0.3, 0.4) is 0 Å². The molecule has 1 aliphatic heterocycles. The van der Waals surface area contributed by atoms with E-state index >= 15 is 0 Å². The molecule has 4 nitrogen and oxygen atoms in total. The van der Waals surface area contributed by atoms with Gasteiger partial charge >= 0.3 is 0 Å². The van der Waals surface area contributed by atoms with Gasteiger partial charge in [0.25, 0.3) is 5.91 Å². The van der Waals surface area contributed by atoms with Gasteiger partial charge in [0.05, 0.1) is 19.1 Å². The van der Waals surface area contributed by atoms with E-state index in [0.29, 0.717) is 13.0 Å². The van der Waals surface area contributed by atoms with Crippen LogP contribution in [-0.2, 0) is 16.0 Å². The molecular formula is C17H25N2O2+. The van der Waals surface area contributed by atoms with Crippen LogP contribution in [0.15, 0.2) is 30.3 Å². The van der Waals surface area contributed by atoms with Crippen LogP contribution in [-0.4, -0.2) is 37.4 Å². The molecule has 1 aliphatic rings. The summed E-state index contributed by atoms with van der Waals surface area (Å²) in [6.07, 6.45) is 4.23. The number of ketones is 1. The van der Waals surface area contributed by atoms with Crippen LogP contribution < -0.4 is 10.2 Å². The van der Waals surface area contributed by atoms with Gasteiger partial charge in [0, 0.05) is 0 Å². The molecule has 21 heavy (non-hydrogen) atoms. The number of hydrogen-bond donors (Lipinski definition) is 2. The lowest BCUT2D eigenvalue weighted by molar-refractivity contribution is -0.896. The van der Waals surface area contributed by atoms with E-state index in [9.17, 15) is 9.59 Å². The van der Waals surface area contributed by atoms with Crippen molar-refractivity contribution in [1.82, 2.24) is 5.32 Å². The zero-order valence-corrected chi connectivity index (χ0v) is 12.7. The lowest BCUT2D eigenvalue weighted by atomic mass is 10.0. The Bertz CT molecular complexity index is 467. The minimum absolute atomic E-state index is 0.0111. The molecule has 0 radical (unpaired) electrons. The Kier molecular flexibility index (Phi) is 5.93. The molecule has 0 bridgehead atoms. The van der Waals surface area contributed by atoms with Crippen LogP contribution in [0.5, 0.6) is 0 Å². The topological polar surface area (TPSA) is 50.6 Å². The molecule has 0 saturated carbocycles. The third kappa shape index (κ3) is 5.31. The molecule has 1 heterocycles. The van der Waals surface area contributed by atoms with E-state index in [1.54, 1.807) is 6.92 Å². The van der Waals surface area contributed by atoms with Crippen LogP contribution in [0.1, 0.15) is 31.7 Å². The SMILES string of the molecule is CC(=O)[C@@H](Cc1ccccc1)NC(=O)C[NH+]1CCCCC1. The summed E-state index contributed by atoms with van der Waals surface area (Å²) in [7, 11) is 0. The molecule has 1 amide bonds. The molecule has 0 aromatic heterocycles. The highest BCUT2D eigenvalue weighted by Crippen LogP contribution is 2.04. The second kappa shape index (κ2) is 7.93. The number of benzene rings is 1. The number of hydrogen-bond acceptors (Lipinski definition) is 2. The first-order chi connectivity index (χ1) is 10.1. The summed E-state index contributed by atoms with van der Waals surface area (Å²) < 4.78 is 0. The molecular weight excluding hydrogens is 264 g/mol. The first-order valence-electron chi connectivity index (χ1n) is 7.82. The predicted molar refractivity (Wildman–Crippen MR) is 82.2 cm³/mol. The summed E-state index contributed by atoms with van der Waals surface area (Å²) in [5, 5.41) is 2.90.